The number of aliphatic hydroxyl groups is 4. The van der Waals surface area contributed by atoms with E-state index in [0.717, 1.165) is 57.1 Å². The summed E-state index contributed by atoms with van der Waals surface area (Å²) in [4.78, 5) is 99.5. The Labute approximate surface area is 434 Å². The lowest BCUT2D eigenvalue weighted by molar-refractivity contribution is -0.149. The Bertz CT molecular complexity index is 2630. The van der Waals surface area contributed by atoms with Crippen molar-refractivity contribution in [1.29, 1.82) is 0 Å². The number of nitrogens with one attached hydrogen (secondary N) is 5. The third-order valence-electron chi connectivity index (χ3n) is 13.7. The molecule has 7 amide bonds. The van der Waals surface area contributed by atoms with Gasteiger partial charge in [0, 0.05) is 38.0 Å². The predicted molar refractivity (Wildman–Crippen MR) is 274 cm³/mol. The highest BCUT2D eigenvalue weighted by atomic mass is 16.5. The number of rotatable bonds is 13. The number of nitrogens with zero attached hydrogens (tertiary/aromatic N) is 2. The summed E-state index contributed by atoms with van der Waals surface area (Å²) in [6.07, 6.45) is -3.46. The van der Waals surface area contributed by atoms with Crippen molar-refractivity contribution < 1.29 is 63.8 Å². The number of aryl methyl sites for hydroxylation is 1. The highest BCUT2D eigenvalue weighted by molar-refractivity contribution is 6.00. The molecule has 3 aliphatic heterocycles. The molecule has 0 aliphatic carbocycles. The summed E-state index contributed by atoms with van der Waals surface area (Å²) < 4.78 is 5.85. The van der Waals surface area contributed by atoms with Crippen LogP contribution in [0, 0.1) is 0 Å². The molecule has 7 rings (SSSR count). The van der Waals surface area contributed by atoms with E-state index in [-0.39, 0.29) is 69.5 Å². The largest absolute Gasteiger partial charge is 0.508 e. The van der Waals surface area contributed by atoms with Crippen molar-refractivity contribution in [2.75, 3.05) is 26.2 Å². The van der Waals surface area contributed by atoms with Crippen molar-refractivity contribution in [2.24, 2.45) is 0 Å². The molecule has 0 spiro atoms. The van der Waals surface area contributed by atoms with Gasteiger partial charge in [0.1, 0.15) is 41.7 Å². The van der Waals surface area contributed by atoms with Gasteiger partial charge in [0.25, 0.3) is 11.8 Å². The van der Waals surface area contributed by atoms with Gasteiger partial charge in [-0.25, -0.2) is 0 Å². The van der Waals surface area contributed by atoms with Gasteiger partial charge in [0.05, 0.1) is 24.9 Å². The third-order valence-corrected chi connectivity index (χ3v) is 13.7. The van der Waals surface area contributed by atoms with Crippen LogP contribution in [-0.4, -0.2) is 158 Å². The number of fused-ring (bicyclic) bond motifs is 2. The van der Waals surface area contributed by atoms with Gasteiger partial charge in [-0.15, -0.1) is 0 Å². The molecule has 3 heterocycles. The van der Waals surface area contributed by atoms with Crippen molar-refractivity contribution in [1.82, 2.24) is 36.4 Å². The average Bonchev–Trinajstić information content (AvgIpc) is 4.01. The summed E-state index contributed by atoms with van der Waals surface area (Å²) in [5.74, 6) is -5.43. The van der Waals surface area contributed by atoms with Crippen LogP contribution in [0.15, 0.2) is 97.1 Å². The highest BCUT2D eigenvalue weighted by Gasteiger charge is 2.45. The number of phenols is 1. The molecule has 3 fully saturated rings. The van der Waals surface area contributed by atoms with Crippen LogP contribution in [0.25, 0.3) is 22.3 Å². The van der Waals surface area contributed by atoms with Crippen LogP contribution in [0.2, 0.25) is 0 Å². The van der Waals surface area contributed by atoms with E-state index >= 15 is 0 Å². The molecule has 400 valence electrons. The third kappa shape index (κ3) is 14.5. The van der Waals surface area contributed by atoms with E-state index in [1.165, 1.54) is 19.1 Å². The molecule has 20 nitrogen and oxygen atoms in total. The fourth-order valence-corrected chi connectivity index (χ4v) is 9.50. The van der Waals surface area contributed by atoms with E-state index in [1.807, 2.05) is 48.5 Å². The smallest absolute Gasteiger partial charge is 0.273 e. The molecule has 20 heteroatoms. The molecule has 3 saturated heterocycles. The number of amides is 7. The number of hydrogen-bond donors (Lipinski definition) is 10. The molecule has 0 radical (unpaired) electrons. The van der Waals surface area contributed by atoms with Gasteiger partial charge < -0.3 is 66.7 Å². The van der Waals surface area contributed by atoms with E-state index < -0.39 is 96.1 Å². The van der Waals surface area contributed by atoms with Crippen molar-refractivity contribution >= 4 is 41.4 Å². The monoisotopic (exact) mass is 1030 g/mol. The van der Waals surface area contributed by atoms with E-state index in [0.29, 0.717) is 12.2 Å². The van der Waals surface area contributed by atoms with Gasteiger partial charge >= 0.3 is 0 Å². The maximum Gasteiger partial charge on any atom is 0.273 e. The number of carbonyl (C=O) groups excluding carboxylic acids is 7. The fourth-order valence-electron chi connectivity index (χ4n) is 9.50. The number of carbonyl (C=O) groups is 7. The van der Waals surface area contributed by atoms with Crippen LogP contribution in [0.5, 0.6) is 11.5 Å². The fraction of sp³-hybridized carbons (Fsp3) is 0.436. The van der Waals surface area contributed by atoms with Gasteiger partial charge in [-0.2, -0.15) is 0 Å². The Morgan fingerprint density at radius 2 is 1.25 bits per heavy atom. The van der Waals surface area contributed by atoms with E-state index in [4.69, 9.17) is 4.74 Å². The lowest BCUT2D eigenvalue weighted by Gasteiger charge is -2.31. The minimum absolute atomic E-state index is 0.0119. The van der Waals surface area contributed by atoms with Crippen LogP contribution < -0.4 is 31.3 Å². The van der Waals surface area contributed by atoms with Crippen molar-refractivity contribution in [3.05, 3.63) is 108 Å². The van der Waals surface area contributed by atoms with Gasteiger partial charge in [-0.05, 0) is 103 Å². The van der Waals surface area contributed by atoms with Gasteiger partial charge in [-0.3, -0.25) is 33.6 Å². The molecule has 4 aromatic carbocycles. The summed E-state index contributed by atoms with van der Waals surface area (Å²) in [6.45, 7) is 3.23. The second-order valence-corrected chi connectivity index (χ2v) is 19.4. The zero-order valence-electron chi connectivity index (χ0n) is 42.0. The molecule has 0 aromatic heterocycles. The summed E-state index contributed by atoms with van der Waals surface area (Å²) in [5, 5.41) is 65.9. The normalized spacial score (nSPS) is 24.7. The van der Waals surface area contributed by atoms with Crippen molar-refractivity contribution in [3.8, 4) is 33.8 Å². The number of aromatic hydroxyl groups is 1. The van der Waals surface area contributed by atoms with Crippen molar-refractivity contribution in [2.45, 2.75) is 126 Å². The van der Waals surface area contributed by atoms with E-state index in [9.17, 15) is 59.1 Å². The first-order valence-electron chi connectivity index (χ1n) is 25.5. The average molecular weight is 1030 g/mol. The summed E-state index contributed by atoms with van der Waals surface area (Å²) in [5.41, 5.74) is 4.57. The summed E-state index contributed by atoms with van der Waals surface area (Å²) in [7, 11) is 0. The van der Waals surface area contributed by atoms with E-state index in [2.05, 4.69) is 33.5 Å². The maximum atomic E-state index is 14.3. The van der Waals surface area contributed by atoms with Crippen LogP contribution in [-0.2, 0) is 35.2 Å². The summed E-state index contributed by atoms with van der Waals surface area (Å²) >= 11 is 0. The molecule has 0 saturated carbocycles. The van der Waals surface area contributed by atoms with Crippen LogP contribution in [0.3, 0.4) is 0 Å². The van der Waals surface area contributed by atoms with Gasteiger partial charge in [0.2, 0.25) is 35.8 Å². The Hall–Kier alpha value is -7.39. The van der Waals surface area contributed by atoms with Crippen molar-refractivity contribution in [3.63, 3.8) is 0 Å². The van der Waals surface area contributed by atoms with Gasteiger partial charge in [-0.1, -0.05) is 80.4 Å². The predicted octanol–water partition coefficient (Wildman–Crippen LogP) is 1.65. The minimum Gasteiger partial charge on any atom is -0.508 e. The minimum atomic E-state index is -2.22. The SMILES string of the molecule is CCCCCOc1ccc(-c2ccc(-c3ccc(C(=O)N[C@H]4CCCNC(=O)[C@@H]5C[C@@H](O)CN5C(=O)[C@H](O)NC(=O)[C@H](CCc5ccc(O)cc5)NC(=O)[C@@H]5C[C@@H](O)CN5C(=O)[C@H]([C@@H](C)O)NC4=O)cc3)cc2)cc1. The Morgan fingerprint density at radius 3 is 1.84 bits per heavy atom. The number of phenolic OH excluding ortho intramolecular Hbond substituents is 1. The molecule has 0 bridgehead atoms. The van der Waals surface area contributed by atoms with Gasteiger partial charge in [0.15, 0.2) is 0 Å². The summed E-state index contributed by atoms with van der Waals surface area (Å²) in [6, 6.07) is 21.4. The number of benzene rings is 4. The Balaban J connectivity index is 1.09. The molecule has 3 aliphatic rings. The second kappa shape index (κ2) is 25.7. The zero-order valence-corrected chi connectivity index (χ0v) is 42.0. The lowest BCUT2D eigenvalue weighted by atomic mass is 9.99. The molecule has 75 heavy (non-hydrogen) atoms. The Kier molecular flexibility index (Phi) is 19.0. The highest BCUT2D eigenvalue weighted by Crippen LogP contribution is 2.28. The molecule has 9 atom stereocenters. The van der Waals surface area contributed by atoms with E-state index in [1.54, 1.807) is 36.4 Å². The topological polar surface area (TPSA) is 296 Å². The lowest BCUT2D eigenvalue weighted by Crippen LogP contribution is -2.61. The molecular formula is C55H67N7O13. The quantitative estimate of drug-likeness (QED) is 0.0854. The van der Waals surface area contributed by atoms with Crippen LogP contribution in [0.1, 0.15) is 81.1 Å². The molecule has 10 N–H and O–H groups in total. The second-order valence-electron chi connectivity index (χ2n) is 19.4. The first kappa shape index (κ1) is 55.4. The molecular weight excluding hydrogens is 967 g/mol. The van der Waals surface area contributed by atoms with Crippen LogP contribution in [0.4, 0.5) is 0 Å². The van der Waals surface area contributed by atoms with Crippen LogP contribution >= 0.6 is 0 Å². The maximum absolute atomic E-state index is 14.3. The first-order chi connectivity index (χ1) is 36.0. The Morgan fingerprint density at radius 1 is 0.693 bits per heavy atom. The zero-order chi connectivity index (χ0) is 53.8. The number of hydrogen-bond acceptors (Lipinski definition) is 13. The number of unbranched alkanes of at least 4 members (excludes halogenated alkanes) is 2. The standard InChI is InChI=1S/C55H67N7O13/c1-3-4-5-27-75-42-23-19-37(20-24-42)35-13-11-34(12-14-35)36-15-17-38(18-16-36)48(67)57-43-7-6-26-56-51(70)45-28-40(65)31-62(45)55(74)53(72)60-50(69)44(25-10-33-8-21-39(64)22-9-33)58-52(71)46-29-41(66)30-61(46)54(73)47(32(2)63)59-49(43)68/h8-9,11-24,32,40-41,43-47,53,63-66,72H,3-7,10,25-31H2,1-2H3,(H,56,70)(H,57,67)(H,58,71)(H,59,68)(H,60,69)/t32-,40-,41-,43+,44+,45+,46+,47+,53+/m1/s1. The number of aliphatic hydroxyl groups excluding tert-OH is 4. The number of ether oxygens (including phenoxy) is 1. The first-order valence-corrected chi connectivity index (χ1v) is 25.5. The molecule has 0 unspecified atom stereocenters. The molecule has 4 aromatic rings.